The van der Waals surface area contributed by atoms with E-state index in [1.807, 2.05) is 0 Å². The van der Waals surface area contributed by atoms with Gasteiger partial charge >= 0.3 is 12.1 Å². The molecule has 0 aliphatic heterocycles. The first-order valence-corrected chi connectivity index (χ1v) is 3.74. The van der Waals surface area contributed by atoms with E-state index in [9.17, 15) is 27.9 Å². The van der Waals surface area contributed by atoms with Gasteiger partial charge in [-0.05, 0) is 5.75 Å². The minimum atomic E-state index is -5.03. The summed E-state index contributed by atoms with van der Waals surface area (Å²) in [5, 5.41) is 15.0. The zero-order valence-corrected chi connectivity index (χ0v) is 7.71. The number of carbonyl (C=O) groups excluding carboxylic acids is 1. The molecule has 1 N–H and O–H groups in total. The second-order valence-electron chi connectivity index (χ2n) is 2.59. The molecule has 0 aliphatic rings. The number of ether oxygens (including phenoxy) is 1. The fourth-order valence-corrected chi connectivity index (χ4v) is 0.931. The number of aromatic nitrogens is 2. The fraction of sp³-hybridized carbons (Fsp3) is 0.286. The number of halogens is 3. The van der Waals surface area contributed by atoms with Crippen molar-refractivity contribution in [3.63, 3.8) is 0 Å². The Hall–Kier alpha value is -2.06. The number of H-pyrrole nitrogens is 1. The number of rotatable bonds is 1. The van der Waals surface area contributed by atoms with Crippen LogP contribution < -0.4 is 10.7 Å². The second-order valence-corrected chi connectivity index (χ2v) is 2.59. The van der Waals surface area contributed by atoms with Gasteiger partial charge in [0.05, 0.1) is 12.7 Å². The molecule has 1 aromatic heterocycles. The lowest BCUT2D eigenvalue weighted by molar-refractivity contribution is -0.272. The van der Waals surface area contributed by atoms with Crippen molar-refractivity contribution < 1.29 is 27.8 Å². The van der Waals surface area contributed by atoms with Gasteiger partial charge in [-0.2, -0.15) is 18.3 Å². The molecule has 0 saturated heterocycles. The quantitative estimate of drug-likeness (QED) is 0.673. The Morgan fingerprint density at radius 3 is 2.50 bits per heavy atom. The van der Waals surface area contributed by atoms with Crippen LogP contribution in [0, 0.1) is 0 Å². The van der Waals surface area contributed by atoms with Crippen molar-refractivity contribution in [2.45, 2.75) is 6.18 Å². The molecule has 0 atom stereocenters. The predicted molar refractivity (Wildman–Crippen MR) is 40.6 cm³/mol. The minimum Gasteiger partial charge on any atom is -0.868 e. The molecule has 0 aromatic carbocycles. The molecule has 0 bridgehead atoms. The van der Waals surface area contributed by atoms with Crippen molar-refractivity contribution in [2.24, 2.45) is 0 Å². The van der Waals surface area contributed by atoms with Crippen LogP contribution in [0.2, 0.25) is 0 Å². The molecule has 1 heterocycles. The van der Waals surface area contributed by atoms with Crippen LogP contribution in [0.5, 0.6) is 5.75 Å². The largest absolute Gasteiger partial charge is 0.868 e. The average Bonchev–Trinajstić information content (AvgIpc) is 2.19. The standard InChI is InChI=1S/C7H5F3N2O4/c1-16-6(15)2-3(13)5(14)12-11-4(2)7(8,9)10/h1H3,(H,11,13)(H,12,14)/p-1. The molecule has 1 rings (SSSR count). The Labute approximate surface area is 85.7 Å². The van der Waals surface area contributed by atoms with Gasteiger partial charge in [0.25, 0.3) is 5.56 Å². The monoisotopic (exact) mass is 237 g/mol. The molecule has 0 aliphatic carbocycles. The van der Waals surface area contributed by atoms with Crippen LogP contribution in [0.3, 0.4) is 0 Å². The summed E-state index contributed by atoms with van der Waals surface area (Å²) in [5.74, 6) is -3.19. The van der Waals surface area contributed by atoms with Crippen LogP contribution in [0.4, 0.5) is 13.2 Å². The highest BCUT2D eigenvalue weighted by Gasteiger charge is 2.38. The van der Waals surface area contributed by atoms with E-state index in [2.05, 4.69) is 9.84 Å². The maximum atomic E-state index is 12.3. The zero-order chi connectivity index (χ0) is 12.5. The summed E-state index contributed by atoms with van der Waals surface area (Å²) in [6, 6.07) is 0. The fourth-order valence-electron chi connectivity index (χ4n) is 0.931. The van der Waals surface area contributed by atoms with Crippen molar-refractivity contribution >= 4 is 5.97 Å². The van der Waals surface area contributed by atoms with Crippen LogP contribution in [0.1, 0.15) is 16.1 Å². The lowest BCUT2D eigenvalue weighted by atomic mass is 10.2. The summed E-state index contributed by atoms with van der Waals surface area (Å²) in [7, 11) is 0.781. The third-order valence-corrected chi connectivity index (χ3v) is 1.60. The van der Waals surface area contributed by atoms with Gasteiger partial charge in [-0.25, -0.2) is 9.89 Å². The number of methoxy groups -OCH3 is 1. The first-order chi connectivity index (χ1) is 7.29. The highest BCUT2D eigenvalue weighted by atomic mass is 19.4. The van der Waals surface area contributed by atoms with Crippen molar-refractivity contribution in [3.8, 4) is 5.75 Å². The summed E-state index contributed by atoms with van der Waals surface area (Å²) in [6.07, 6.45) is -5.03. The van der Waals surface area contributed by atoms with Crippen LogP contribution in [-0.2, 0) is 10.9 Å². The van der Waals surface area contributed by atoms with E-state index in [1.54, 1.807) is 0 Å². The Morgan fingerprint density at radius 1 is 1.50 bits per heavy atom. The van der Waals surface area contributed by atoms with E-state index < -0.39 is 34.7 Å². The molecule has 0 radical (unpaired) electrons. The highest BCUT2D eigenvalue weighted by Crippen LogP contribution is 2.31. The molecule has 6 nitrogen and oxygen atoms in total. The molecule has 0 unspecified atom stereocenters. The van der Waals surface area contributed by atoms with E-state index in [-0.39, 0.29) is 0 Å². The van der Waals surface area contributed by atoms with Gasteiger partial charge in [-0.1, -0.05) is 0 Å². The van der Waals surface area contributed by atoms with E-state index >= 15 is 0 Å². The summed E-state index contributed by atoms with van der Waals surface area (Å²) >= 11 is 0. The normalized spacial score (nSPS) is 11.2. The lowest BCUT2D eigenvalue weighted by Crippen LogP contribution is -2.26. The third kappa shape index (κ3) is 1.97. The number of esters is 1. The minimum absolute atomic E-state index is 0.781. The molecule has 1 aromatic rings. The summed E-state index contributed by atoms with van der Waals surface area (Å²) in [6.45, 7) is 0. The van der Waals surface area contributed by atoms with Gasteiger partial charge in [0.15, 0.2) is 5.69 Å². The lowest BCUT2D eigenvalue weighted by Gasteiger charge is -2.15. The molecule has 0 amide bonds. The number of aromatic amines is 1. The first kappa shape index (κ1) is 12.0. The average molecular weight is 237 g/mol. The highest BCUT2D eigenvalue weighted by molar-refractivity contribution is 5.93. The molecule has 16 heavy (non-hydrogen) atoms. The number of alkyl halides is 3. The van der Waals surface area contributed by atoms with Gasteiger partial charge in [0, 0.05) is 0 Å². The smallest absolute Gasteiger partial charge is 0.435 e. The Morgan fingerprint density at radius 2 is 2.06 bits per heavy atom. The molecule has 88 valence electrons. The van der Waals surface area contributed by atoms with Crippen LogP contribution >= 0.6 is 0 Å². The van der Waals surface area contributed by atoms with Crippen molar-refractivity contribution in [2.75, 3.05) is 7.11 Å². The molecular weight excluding hydrogens is 233 g/mol. The van der Waals surface area contributed by atoms with Crippen LogP contribution in [0.15, 0.2) is 4.79 Å². The summed E-state index contributed by atoms with van der Waals surface area (Å²) in [4.78, 5) is 21.7. The maximum absolute atomic E-state index is 12.3. The number of carbonyl (C=O) groups is 1. The topological polar surface area (TPSA) is 95.1 Å². The Bertz CT molecular complexity index is 480. The van der Waals surface area contributed by atoms with Gasteiger partial charge in [-0.3, -0.25) is 4.79 Å². The van der Waals surface area contributed by atoms with Crippen LogP contribution in [0.25, 0.3) is 0 Å². The third-order valence-electron chi connectivity index (χ3n) is 1.60. The molecule has 9 heteroatoms. The van der Waals surface area contributed by atoms with Gasteiger partial charge in [0.1, 0.15) is 0 Å². The van der Waals surface area contributed by atoms with E-state index in [4.69, 9.17) is 0 Å². The van der Waals surface area contributed by atoms with Gasteiger partial charge in [0.2, 0.25) is 0 Å². The number of nitrogens with one attached hydrogen (secondary N) is 1. The first-order valence-electron chi connectivity index (χ1n) is 3.74. The molecular formula is C7H4F3N2O4-. The van der Waals surface area contributed by atoms with E-state index in [0.717, 1.165) is 7.11 Å². The summed E-state index contributed by atoms with van der Waals surface area (Å²) in [5.41, 5.74) is -4.61. The van der Waals surface area contributed by atoms with E-state index in [0.29, 0.717) is 0 Å². The van der Waals surface area contributed by atoms with Crippen molar-refractivity contribution in [3.05, 3.63) is 21.6 Å². The Kier molecular flexibility index (Phi) is 2.88. The van der Waals surface area contributed by atoms with Gasteiger partial charge < -0.3 is 9.84 Å². The molecule has 0 fully saturated rings. The number of nitrogens with zero attached hydrogens (tertiary/aromatic N) is 1. The summed E-state index contributed by atoms with van der Waals surface area (Å²) < 4.78 is 41.0. The Balaban J connectivity index is 3.58. The maximum Gasteiger partial charge on any atom is 0.435 e. The van der Waals surface area contributed by atoms with E-state index in [1.165, 1.54) is 5.10 Å². The van der Waals surface area contributed by atoms with Gasteiger partial charge in [-0.15, -0.1) is 0 Å². The number of hydrogen-bond donors (Lipinski definition) is 1. The van der Waals surface area contributed by atoms with Crippen LogP contribution in [-0.4, -0.2) is 23.3 Å². The predicted octanol–water partition coefficient (Wildman–Crippen LogP) is -0.351. The molecule has 0 spiro atoms. The van der Waals surface area contributed by atoms with Crippen molar-refractivity contribution in [1.82, 2.24) is 10.2 Å². The second kappa shape index (κ2) is 3.83. The number of hydrogen-bond acceptors (Lipinski definition) is 5. The van der Waals surface area contributed by atoms with Crippen molar-refractivity contribution in [1.29, 1.82) is 0 Å². The molecule has 0 saturated carbocycles. The SMILES string of the molecule is COC(=O)c1c(C(F)(F)F)n[nH]c(=O)c1[O-]. The zero-order valence-electron chi connectivity index (χ0n) is 7.71.